The topological polar surface area (TPSA) is 104 Å². The Morgan fingerprint density at radius 3 is 1.71 bits per heavy atom. The third-order valence-corrected chi connectivity index (χ3v) is 10.2. The van der Waals surface area contributed by atoms with Crippen LogP contribution in [-0.2, 0) is 7.05 Å². The minimum Gasteiger partial charge on any atom is -0.495 e. The monoisotopic (exact) mass is 571 g/mol. The van der Waals surface area contributed by atoms with Crippen molar-refractivity contribution >= 4 is 87.5 Å². The molecule has 5 heterocycles. The van der Waals surface area contributed by atoms with Gasteiger partial charge in [0.05, 0.1) is 60.2 Å². The zero-order valence-corrected chi connectivity index (χ0v) is 23.2. The fourth-order valence-electron chi connectivity index (χ4n) is 3.78. The molecule has 0 fully saturated rings. The molecular formula is C25H13N7O2S4. The van der Waals surface area contributed by atoms with Crippen LogP contribution in [0.5, 0.6) is 11.5 Å². The Bertz CT molecular complexity index is 1800. The summed E-state index contributed by atoms with van der Waals surface area (Å²) in [5.41, 5.74) is 1.95. The van der Waals surface area contributed by atoms with Gasteiger partial charge in [-0.15, -0.1) is 34.0 Å². The van der Waals surface area contributed by atoms with Gasteiger partial charge in [0.2, 0.25) is 5.71 Å². The number of rotatable bonds is 6. The first-order chi connectivity index (χ1) is 18.4. The first kappa shape index (κ1) is 25.2. The highest BCUT2D eigenvalue weighted by atomic mass is 32.1. The van der Waals surface area contributed by atoms with E-state index in [1.807, 2.05) is 7.05 Å². The summed E-state index contributed by atoms with van der Waals surface area (Å²) in [6.45, 7) is 14.2. The Morgan fingerprint density at radius 2 is 1.29 bits per heavy atom. The molecule has 9 nitrogen and oxygen atoms in total. The van der Waals surface area contributed by atoms with Crippen LogP contribution in [0, 0.1) is 35.8 Å². The standard InChI is InChI=1S/C25H13N7O2S4/c1-28-25(29-2)31-20-9-16(34-5)24(38-20)18-7-14-22(36-18)21-13(32(14)3)6-17(35-21)23-15(33-4)8-19(37-23)30-12(10-26)11-27/h6-9H,3-5H3. The molecule has 38 heavy (non-hydrogen) atoms. The fraction of sp³-hybridized carbons (Fsp3) is 0.120. The maximum atomic E-state index is 9.05. The number of aliphatic imine (C=N–C) groups is 2. The summed E-state index contributed by atoms with van der Waals surface area (Å²) >= 11 is 6.02. The maximum Gasteiger partial charge on any atom is 0.635 e. The molecule has 0 bridgehead atoms. The van der Waals surface area contributed by atoms with Crippen LogP contribution >= 0.6 is 45.3 Å². The maximum absolute atomic E-state index is 9.05. The normalized spacial score (nSPS) is 10.4. The second-order valence-corrected chi connectivity index (χ2v) is 11.7. The molecule has 5 aromatic rings. The Morgan fingerprint density at radius 1 is 0.816 bits per heavy atom. The Kier molecular flexibility index (Phi) is 6.69. The van der Waals surface area contributed by atoms with E-state index in [2.05, 4.69) is 36.4 Å². The zero-order chi connectivity index (χ0) is 27.0. The number of nitriles is 2. The fourth-order valence-corrected chi connectivity index (χ4v) is 8.51. The van der Waals surface area contributed by atoms with Crippen molar-refractivity contribution in [2.24, 2.45) is 17.0 Å². The summed E-state index contributed by atoms with van der Waals surface area (Å²) < 4.78 is 15.5. The molecule has 0 aromatic carbocycles. The molecule has 5 aromatic heterocycles. The average Bonchev–Trinajstić information content (AvgIpc) is 3.74. The van der Waals surface area contributed by atoms with Gasteiger partial charge in [-0.2, -0.15) is 10.5 Å². The summed E-state index contributed by atoms with van der Waals surface area (Å²) in [4.78, 5) is 18.3. The summed E-state index contributed by atoms with van der Waals surface area (Å²) in [7, 11) is 5.19. The van der Waals surface area contributed by atoms with Crippen LogP contribution < -0.4 is 9.47 Å². The van der Waals surface area contributed by atoms with Gasteiger partial charge in [-0.3, -0.25) is 0 Å². The number of aromatic nitrogens is 1. The Balaban J connectivity index is 1.61. The van der Waals surface area contributed by atoms with Gasteiger partial charge in [0.15, 0.2) is 0 Å². The molecule has 0 atom stereocenters. The number of ether oxygens (including phenoxy) is 2. The first-order valence-electron chi connectivity index (χ1n) is 10.5. The van der Waals surface area contributed by atoms with E-state index in [0.717, 1.165) is 39.9 Å². The molecule has 0 N–H and O–H groups in total. The molecule has 0 spiro atoms. The molecule has 0 radical (unpaired) electrons. The van der Waals surface area contributed by atoms with Crippen molar-refractivity contribution in [3.05, 3.63) is 47.1 Å². The molecule has 184 valence electrons. The lowest BCUT2D eigenvalue weighted by molar-refractivity contribution is 0.418. The van der Waals surface area contributed by atoms with E-state index in [0.29, 0.717) is 21.5 Å². The van der Waals surface area contributed by atoms with Crippen molar-refractivity contribution in [2.75, 3.05) is 14.2 Å². The van der Waals surface area contributed by atoms with Crippen LogP contribution in [0.25, 0.3) is 49.6 Å². The van der Waals surface area contributed by atoms with Crippen LogP contribution in [0.2, 0.25) is 0 Å². The largest absolute Gasteiger partial charge is 0.635 e. The van der Waals surface area contributed by atoms with Crippen molar-refractivity contribution in [2.45, 2.75) is 0 Å². The molecule has 5 rings (SSSR count). The molecule has 0 aliphatic carbocycles. The van der Waals surface area contributed by atoms with Crippen LogP contribution in [0.1, 0.15) is 0 Å². The quantitative estimate of drug-likeness (QED) is 0.117. The Hall–Kier alpha value is -4.50. The van der Waals surface area contributed by atoms with Gasteiger partial charge in [-0.1, -0.05) is 11.3 Å². The molecule has 0 saturated carbocycles. The third kappa shape index (κ3) is 4.20. The number of fused-ring (bicyclic) bond motifs is 3. The lowest BCUT2D eigenvalue weighted by Gasteiger charge is -1.99. The van der Waals surface area contributed by atoms with E-state index in [9.17, 15) is 0 Å². The summed E-state index contributed by atoms with van der Waals surface area (Å²) in [5.74, 6) is 1.04. The number of methoxy groups -OCH3 is 2. The van der Waals surface area contributed by atoms with Crippen molar-refractivity contribution in [3.63, 3.8) is 0 Å². The molecule has 13 heteroatoms. The molecule has 0 saturated heterocycles. The van der Waals surface area contributed by atoms with E-state index in [1.54, 1.807) is 61.2 Å². The van der Waals surface area contributed by atoms with E-state index < -0.39 is 0 Å². The first-order valence-corrected chi connectivity index (χ1v) is 13.8. The lowest BCUT2D eigenvalue weighted by atomic mass is 10.3. The van der Waals surface area contributed by atoms with Gasteiger partial charge in [0.1, 0.15) is 28.6 Å². The van der Waals surface area contributed by atoms with Crippen molar-refractivity contribution in [1.82, 2.24) is 4.57 Å². The van der Waals surface area contributed by atoms with Gasteiger partial charge in [0, 0.05) is 18.1 Å². The summed E-state index contributed by atoms with van der Waals surface area (Å²) in [6, 6.07) is 11.3. The zero-order valence-electron chi connectivity index (χ0n) is 19.9. The second kappa shape index (κ2) is 10.1. The predicted octanol–water partition coefficient (Wildman–Crippen LogP) is 7.87. The van der Waals surface area contributed by atoms with Crippen LogP contribution in [0.4, 0.5) is 10.0 Å². The molecule has 0 amide bonds. The van der Waals surface area contributed by atoms with E-state index in [4.69, 9.17) is 33.1 Å². The third-order valence-electron chi connectivity index (χ3n) is 5.46. The number of thiophene rings is 4. The van der Waals surface area contributed by atoms with Crippen LogP contribution in [0.15, 0.2) is 34.3 Å². The summed E-state index contributed by atoms with van der Waals surface area (Å²) in [5, 5.41) is 19.2. The minimum atomic E-state index is -0.237. The number of guanidine groups is 1. The SMILES string of the molecule is [C-]#[N+]C(=Nc1cc(OC)c(-c2cc3c(s2)c2sc(-c4sc(N=C(C#N)C#N)cc4OC)cc2n3C)s1)[N+]#[C-]. The average molecular weight is 572 g/mol. The van der Waals surface area contributed by atoms with Gasteiger partial charge in [-0.25, -0.2) is 14.7 Å². The molecule has 0 aliphatic heterocycles. The van der Waals surface area contributed by atoms with Crippen LogP contribution in [0.3, 0.4) is 0 Å². The predicted molar refractivity (Wildman–Crippen MR) is 155 cm³/mol. The van der Waals surface area contributed by atoms with Gasteiger partial charge in [0.25, 0.3) is 5.00 Å². The number of hydrogen-bond acceptors (Lipinski definition) is 10. The highest BCUT2D eigenvalue weighted by Gasteiger charge is 2.23. The molecular weight excluding hydrogens is 559 g/mol. The second-order valence-electron chi connectivity index (χ2n) is 7.49. The number of hydrogen-bond donors (Lipinski definition) is 0. The highest BCUT2D eigenvalue weighted by Crippen LogP contribution is 2.52. The van der Waals surface area contributed by atoms with E-state index in [-0.39, 0.29) is 11.7 Å². The van der Waals surface area contributed by atoms with E-state index >= 15 is 0 Å². The van der Waals surface area contributed by atoms with Gasteiger partial charge in [-0.05, 0) is 25.3 Å². The number of nitrogens with zero attached hydrogens (tertiary/aromatic N) is 7. The lowest BCUT2D eigenvalue weighted by Crippen LogP contribution is -1.84. The number of aryl methyl sites for hydroxylation is 1. The highest BCUT2D eigenvalue weighted by molar-refractivity contribution is 7.33. The molecule has 0 aliphatic rings. The molecule has 0 unspecified atom stereocenters. The van der Waals surface area contributed by atoms with Gasteiger partial charge >= 0.3 is 5.96 Å². The van der Waals surface area contributed by atoms with Crippen molar-refractivity contribution < 1.29 is 9.47 Å². The van der Waals surface area contributed by atoms with Crippen LogP contribution in [-0.4, -0.2) is 30.5 Å². The van der Waals surface area contributed by atoms with E-state index in [1.165, 1.54) is 22.7 Å². The van der Waals surface area contributed by atoms with Crippen molar-refractivity contribution in [3.8, 4) is 43.1 Å². The summed E-state index contributed by atoms with van der Waals surface area (Å²) in [6.07, 6.45) is 0. The van der Waals surface area contributed by atoms with Crippen molar-refractivity contribution in [1.29, 1.82) is 10.5 Å². The minimum absolute atomic E-state index is 0.207. The van der Waals surface area contributed by atoms with Gasteiger partial charge < -0.3 is 14.0 Å². The Labute approximate surface area is 232 Å². The smallest absolute Gasteiger partial charge is 0.495 e.